The molecule has 1 atom stereocenters. The molecule has 70 heavy (non-hydrogen) atoms. The van der Waals surface area contributed by atoms with Crippen LogP contribution in [-0.2, 0) is 23.8 Å². The maximum Gasteiger partial charge on any atom is 0.306 e. The zero-order chi connectivity index (χ0) is 50.6. The van der Waals surface area contributed by atoms with Crippen LogP contribution in [0.1, 0.15) is 252 Å². The summed E-state index contributed by atoms with van der Waals surface area (Å²) in [5.41, 5.74) is 0. The van der Waals surface area contributed by atoms with Gasteiger partial charge in [0.25, 0.3) is 0 Å². The van der Waals surface area contributed by atoms with Crippen molar-refractivity contribution in [2.45, 2.75) is 258 Å². The highest BCUT2D eigenvalue weighted by molar-refractivity contribution is 5.70. The number of allylic oxidation sites excluding steroid dienone is 20. The van der Waals surface area contributed by atoms with E-state index in [1.807, 2.05) is 0 Å². The van der Waals surface area contributed by atoms with Crippen LogP contribution in [0.4, 0.5) is 0 Å². The first-order valence-electron chi connectivity index (χ1n) is 29.1. The van der Waals surface area contributed by atoms with E-state index >= 15 is 0 Å². The summed E-state index contributed by atoms with van der Waals surface area (Å²) in [7, 11) is 0. The number of unbranched alkanes of at least 4 members (excludes halogenated alkanes) is 21. The highest BCUT2D eigenvalue weighted by Gasteiger charge is 2.17. The minimum absolute atomic E-state index is 0.0472. The molecule has 0 radical (unpaired) electrons. The van der Waals surface area contributed by atoms with Gasteiger partial charge in [0.1, 0.15) is 6.61 Å². The molecule has 5 nitrogen and oxygen atoms in total. The lowest BCUT2D eigenvalue weighted by atomic mass is 10.1. The molecule has 398 valence electrons. The highest BCUT2D eigenvalue weighted by atomic mass is 16.6. The summed E-state index contributed by atoms with van der Waals surface area (Å²) >= 11 is 0. The molecular weight excluding hydrogens is 861 g/mol. The van der Waals surface area contributed by atoms with Gasteiger partial charge in [-0.25, -0.2) is 0 Å². The number of ether oxygens (including phenoxy) is 3. The first-order chi connectivity index (χ1) is 34.6. The second-order valence-corrected chi connectivity index (χ2v) is 18.8. The monoisotopic (exact) mass is 969 g/mol. The van der Waals surface area contributed by atoms with Gasteiger partial charge in [0.2, 0.25) is 0 Å². The van der Waals surface area contributed by atoms with Crippen molar-refractivity contribution in [3.8, 4) is 0 Å². The van der Waals surface area contributed by atoms with Gasteiger partial charge in [-0.2, -0.15) is 0 Å². The Balaban J connectivity index is 4.41. The van der Waals surface area contributed by atoms with Crippen molar-refractivity contribution in [2.24, 2.45) is 0 Å². The molecule has 0 saturated heterocycles. The average molecular weight is 970 g/mol. The molecule has 5 heteroatoms. The zero-order valence-electron chi connectivity index (χ0n) is 45.7. The Bertz CT molecular complexity index is 1420. The van der Waals surface area contributed by atoms with Crippen molar-refractivity contribution in [3.05, 3.63) is 122 Å². The number of hydrogen-bond donors (Lipinski definition) is 0. The van der Waals surface area contributed by atoms with E-state index in [2.05, 4.69) is 142 Å². The van der Waals surface area contributed by atoms with Gasteiger partial charge in [0, 0.05) is 19.4 Å². The Kier molecular flexibility index (Phi) is 56.5. The van der Waals surface area contributed by atoms with Crippen molar-refractivity contribution < 1.29 is 23.8 Å². The standard InChI is InChI=1S/C65H108O5/c1-4-7-10-13-16-19-22-25-28-31-33-35-37-40-43-46-49-52-55-58-64(66)69-62-63(61-68-60-57-54-51-48-45-42-39-36-32-29-26-23-20-17-14-11-8-5-2)70-65(67)59-56-53-50-47-44-41-38-34-30-27-24-21-18-15-12-9-6-3/h7,9-10,12,16,18-19,21,25-30,33,35,38,41,47,50,63H,4-6,8,11,13-15,17,20,22-24,31-32,34,36-37,39-40,42-46,48-49,51-62H2,1-3H3/b10-7-,12-9-,19-16-,21-18-,28-25-,29-26-,30-27-,35-33-,41-38-,50-47-. The first-order valence-corrected chi connectivity index (χ1v) is 29.1. The summed E-state index contributed by atoms with van der Waals surface area (Å²) in [4.78, 5) is 25.5. The molecular formula is C65H108O5. The molecule has 0 aliphatic rings. The molecule has 0 amide bonds. The minimum atomic E-state index is -0.583. The summed E-state index contributed by atoms with van der Waals surface area (Å²) in [6.07, 6.45) is 83.7. The lowest BCUT2D eigenvalue weighted by Gasteiger charge is -2.18. The van der Waals surface area contributed by atoms with Crippen LogP contribution >= 0.6 is 0 Å². The topological polar surface area (TPSA) is 61.8 Å². The van der Waals surface area contributed by atoms with Crippen LogP contribution in [0.15, 0.2) is 122 Å². The summed E-state index contributed by atoms with van der Waals surface area (Å²) in [5, 5.41) is 0. The molecule has 1 unspecified atom stereocenters. The molecule has 0 saturated carbocycles. The molecule has 0 heterocycles. The van der Waals surface area contributed by atoms with Crippen LogP contribution in [0.25, 0.3) is 0 Å². The Morgan fingerprint density at radius 1 is 0.329 bits per heavy atom. The number of hydrogen-bond acceptors (Lipinski definition) is 5. The second kappa shape index (κ2) is 59.6. The minimum Gasteiger partial charge on any atom is -0.462 e. The van der Waals surface area contributed by atoms with Crippen LogP contribution in [0.3, 0.4) is 0 Å². The van der Waals surface area contributed by atoms with Crippen molar-refractivity contribution in [2.75, 3.05) is 19.8 Å². The summed E-state index contributed by atoms with van der Waals surface area (Å²) in [5.74, 6) is -0.484. The van der Waals surface area contributed by atoms with E-state index < -0.39 is 6.10 Å². The van der Waals surface area contributed by atoms with Gasteiger partial charge in [-0.1, -0.05) is 239 Å². The number of carbonyl (C=O) groups excluding carboxylic acids is 2. The van der Waals surface area contributed by atoms with Crippen LogP contribution < -0.4 is 0 Å². The van der Waals surface area contributed by atoms with Gasteiger partial charge >= 0.3 is 11.9 Å². The maximum absolute atomic E-state index is 12.8. The fourth-order valence-electron chi connectivity index (χ4n) is 7.71. The predicted molar refractivity (Wildman–Crippen MR) is 306 cm³/mol. The van der Waals surface area contributed by atoms with Crippen LogP contribution in [0.5, 0.6) is 0 Å². The Morgan fingerprint density at radius 3 is 1.09 bits per heavy atom. The third-order valence-corrected chi connectivity index (χ3v) is 12.0. The second-order valence-electron chi connectivity index (χ2n) is 18.8. The van der Waals surface area contributed by atoms with Gasteiger partial charge in [-0.05, 0) is 122 Å². The molecule has 0 fully saturated rings. The van der Waals surface area contributed by atoms with Crippen LogP contribution in [0.2, 0.25) is 0 Å². The lowest BCUT2D eigenvalue weighted by Crippen LogP contribution is -2.30. The SMILES string of the molecule is CC/C=C\C/C=C\C/C=C\C/C=C\C/C=C\CCCC(=O)OC(COCCCCCCCCCC/C=C\CCCCCCCC)COC(=O)CCCCCCCC/C=C\C/C=C\C/C=C\C/C=C\CC. The van der Waals surface area contributed by atoms with E-state index in [9.17, 15) is 9.59 Å². The van der Waals surface area contributed by atoms with Gasteiger partial charge in [-0.3, -0.25) is 9.59 Å². The Labute approximate surface area is 433 Å². The molecule has 0 bridgehead atoms. The Hall–Kier alpha value is -3.70. The quantitative estimate of drug-likeness (QED) is 0.0345. The summed E-state index contributed by atoms with van der Waals surface area (Å²) in [6.45, 7) is 7.52. The molecule has 0 aromatic rings. The van der Waals surface area contributed by atoms with E-state index in [0.717, 1.165) is 109 Å². The largest absolute Gasteiger partial charge is 0.462 e. The van der Waals surface area contributed by atoms with E-state index in [-0.39, 0.29) is 25.2 Å². The van der Waals surface area contributed by atoms with Crippen molar-refractivity contribution in [1.82, 2.24) is 0 Å². The zero-order valence-corrected chi connectivity index (χ0v) is 45.7. The molecule has 0 spiro atoms. The molecule has 0 aliphatic carbocycles. The average Bonchev–Trinajstić information content (AvgIpc) is 3.36. The van der Waals surface area contributed by atoms with E-state index in [1.54, 1.807) is 0 Å². The van der Waals surface area contributed by atoms with Crippen molar-refractivity contribution in [3.63, 3.8) is 0 Å². The summed E-state index contributed by atoms with van der Waals surface area (Å²) < 4.78 is 17.4. The number of carbonyl (C=O) groups is 2. The van der Waals surface area contributed by atoms with Crippen LogP contribution in [0, 0.1) is 0 Å². The molecule has 0 aromatic carbocycles. The highest BCUT2D eigenvalue weighted by Crippen LogP contribution is 2.14. The lowest BCUT2D eigenvalue weighted by molar-refractivity contribution is -0.162. The maximum atomic E-state index is 12.8. The van der Waals surface area contributed by atoms with E-state index in [4.69, 9.17) is 14.2 Å². The van der Waals surface area contributed by atoms with E-state index in [1.165, 1.54) is 109 Å². The molecule has 0 aliphatic heterocycles. The molecule has 0 aromatic heterocycles. The van der Waals surface area contributed by atoms with Crippen molar-refractivity contribution in [1.29, 1.82) is 0 Å². The third-order valence-electron chi connectivity index (χ3n) is 12.0. The van der Waals surface area contributed by atoms with Gasteiger partial charge < -0.3 is 14.2 Å². The normalized spacial score (nSPS) is 13.1. The number of rotatable bonds is 52. The fourth-order valence-corrected chi connectivity index (χ4v) is 7.71. The molecule has 0 rings (SSSR count). The molecule has 0 N–H and O–H groups in total. The number of esters is 2. The first kappa shape index (κ1) is 66.3. The van der Waals surface area contributed by atoms with Crippen LogP contribution in [-0.4, -0.2) is 37.9 Å². The third kappa shape index (κ3) is 56.9. The van der Waals surface area contributed by atoms with Gasteiger partial charge in [-0.15, -0.1) is 0 Å². The van der Waals surface area contributed by atoms with Gasteiger partial charge in [0.15, 0.2) is 6.10 Å². The fraction of sp³-hybridized carbons (Fsp3) is 0.662. The smallest absolute Gasteiger partial charge is 0.306 e. The predicted octanol–water partition coefficient (Wildman–Crippen LogP) is 20.1. The van der Waals surface area contributed by atoms with Gasteiger partial charge in [0.05, 0.1) is 6.61 Å². The summed E-state index contributed by atoms with van der Waals surface area (Å²) in [6, 6.07) is 0. The Morgan fingerprint density at radius 2 is 0.657 bits per heavy atom. The van der Waals surface area contributed by atoms with Crippen molar-refractivity contribution >= 4 is 11.9 Å². The van der Waals surface area contributed by atoms with E-state index in [0.29, 0.717) is 19.4 Å².